The van der Waals surface area contributed by atoms with Crippen LogP contribution in [0.5, 0.6) is 0 Å². The molecule has 0 aromatic rings. The molecule has 4 heavy (non-hydrogen) atoms. The first kappa shape index (κ1) is 4.35. The minimum atomic E-state index is -0.906. The standard InChI is InChI=1S/Al.H3OSi.O/c;1-2;/h;2H3;/q+1;-1;. The van der Waals surface area contributed by atoms with E-state index in [4.69, 9.17) is 0 Å². The van der Waals surface area contributed by atoms with Crippen LogP contribution >= 0.6 is 0 Å². The monoisotopic (exact) mass is 90.0 g/mol. The van der Waals surface area contributed by atoms with Crippen LogP contribution in [-0.4, -0.2) is 26.0 Å². The molecule has 0 amide bonds. The molecule has 0 rings (SSSR count). The van der Waals surface area contributed by atoms with Crippen molar-refractivity contribution in [2.45, 2.75) is 0 Å². The summed E-state index contributed by atoms with van der Waals surface area (Å²) < 4.78 is 13.4. The van der Waals surface area contributed by atoms with Gasteiger partial charge in [0, 0.05) is 0 Å². The van der Waals surface area contributed by atoms with Crippen molar-refractivity contribution in [2.75, 3.05) is 0 Å². The van der Waals surface area contributed by atoms with Gasteiger partial charge in [0.1, 0.15) is 0 Å². The molecule has 0 heterocycles. The minimum absolute atomic E-state index is 0.614. The molecule has 0 saturated carbocycles. The molecule has 0 radical (unpaired) electrons. The van der Waals surface area contributed by atoms with E-state index in [0.717, 1.165) is 0 Å². The molecule has 0 spiro atoms. The third kappa shape index (κ3) is 2.35. The van der Waals surface area contributed by atoms with Crippen molar-refractivity contribution in [1.82, 2.24) is 0 Å². The van der Waals surface area contributed by atoms with Gasteiger partial charge in [-0.3, -0.25) is 0 Å². The normalized spacial score (nSPS) is 5.00. The van der Waals surface area contributed by atoms with Gasteiger partial charge in [-0.15, -0.1) is 0 Å². The van der Waals surface area contributed by atoms with Crippen LogP contribution in [0.4, 0.5) is 0 Å². The fourth-order valence-electron chi connectivity index (χ4n) is 0. The molecular formula is H3AlO2Si. The summed E-state index contributed by atoms with van der Waals surface area (Å²) in [7, 11) is 0.614. The molecule has 0 N–H and O–H groups in total. The molecular weight excluding hydrogens is 87.1 g/mol. The molecule has 0 atom stereocenters. The van der Waals surface area contributed by atoms with Gasteiger partial charge in [-0.25, -0.2) is 0 Å². The summed E-state index contributed by atoms with van der Waals surface area (Å²) in [5.74, 6) is 0. The van der Waals surface area contributed by atoms with Crippen molar-refractivity contribution in [3.8, 4) is 0 Å². The van der Waals surface area contributed by atoms with Crippen molar-refractivity contribution in [3.05, 3.63) is 0 Å². The molecule has 0 saturated heterocycles. The van der Waals surface area contributed by atoms with Gasteiger partial charge >= 0.3 is 33.3 Å². The zero-order chi connectivity index (χ0) is 3.41. The topological polar surface area (TPSA) is 26.3 Å². The first-order valence-electron chi connectivity index (χ1n) is 0.880. The SMILES string of the molecule is [O]=[Al][O][SiH3]. The van der Waals surface area contributed by atoms with Gasteiger partial charge < -0.3 is 0 Å². The van der Waals surface area contributed by atoms with Crippen LogP contribution < -0.4 is 0 Å². The average molecular weight is 90.1 g/mol. The average Bonchev–Trinajstić information content (AvgIpc) is 1.37. The zero-order valence-corrected chi connectivity index (χ0v) is 5.55. The molecule has 0 bridgehead atoms. The van der Waals surface area contributed by atoms with Crippen molar-refractivity contribution >= 4 is 26.0 Å². The van der Waals surface area contributed by atoms with E-state index in [2.05, 4.69) is 3.48 Å². The molecule has 0 aliphatic heterocycles. The fourth-order valence-corrected chi connectivity index (χ4v) is 0. The molecule has 0 aromatic carbocycles. The van der Waals surface area contributed by atoms with E-state index in [1.165, 1.54) is 0 Å². The van der Waals surface area contributed by atoms with Crippen molar-refractivity contribution in [2.24, 2.45) is 0 Å². The second-order valence-corrected chi connectivity index (χ2v) is 2.41. The van der Waals surface area contributed by atoms with E-state index in [9.17, 15) is 3.80 Å². The Labute approximate surface area is 34.0 Å². The van der Waals surface area contributed by atoms with E-state index < -0.39 is 15.5 Å². The van der Waals surface area contributed by atoms with Gasteiger partial charge in [-0.05, 0) is 0 Å². The third-order valence-corrected chi connectivity index (χ3v) is 0.866. The van der Waals surface area contributed by atoms with Crippen LogP contribution in [0.2, 0.25) is 0 Å². The number of hydrogen-bond acceptors (Lipinski definition) is 2. The van der Waals surface area contributed by atoms with Crippen LogP contribution in [-0.2, 0) is 7.28 Å². The van der Waals surface area contributed by atoms with Gasteiger partial charge in [-0.1, -0.05) is 0 Å². The van der Waals surface area contributed by atoms with Crippen molar-refractivity contribution in [3.63, 3.8) is 0 Å². The van der Waals surface area contributed by atoms with Crippen molar-refractivity contribution < 1.29 is 7.28 Å². The fraction of sp³-hybridized carbons (Fsp3) is 0. The van der Waals surface area contributed by atoms with Gasteiger partial charge in [0.15, 0.2) is 0 Å². The first-order valence-corrected chi connectivity index (χ1v) is 2.64. The van der Waals surface area contributed by atoms with E-state index >= 15 is 0 Å². The first-order chi connectivity index (χ1) is 1.91. The number of hydrogen-bond donors (Lipinski definition) is 0. The second kappa shape index (κ2) is 3.35. The van der Waals surface area contributed by atoms with Crippen LogP contribution in [0.3, 0.4) is 0 Å². The number of rotatable bonds is 1. The molecule has 0 aromatic heterocycles. The van der Waals surface area contributed by atoms with Gasteiger partial charge in [0.05, 0.1) is 0 Å². The van der Waals surface area contributed by atoms with Crippen LogP contribution in [0.1, 0.15) is 0 Å². The summed E-state index contributed by atoms with van der Waals surface area (Å²) >= 11 is -0.906. The predicted octanol–water partition coefficient (Wildman–Crippen LogP) is -1.75. The summed E-state index contributed by atoms with van der Waals surface area (Å²) in [4.78, 5) is 0. The molecule has 0 fully saturated rings. The Balaban J connectivity index is 2.30. The maximum absolute atomic E-state index is 9.19. The summed E-state index contributed by atoms with van der Waals surface area (Å²) in [6.45, 7) is 0. The summed E-state index contributed by atoms with van der Waals surface area (Å²) in [6.07, 6.45) is 0. The van der Waals surface area contributed by atoms with Gasteiger partial charge in [0.2, 0.25) is 0 Å². The van der Waals surface area contributed by atoms with E-state index in [-0.39, 0.29) is 0 Å². The predicted molar refractivity (Wildman–Crippen MR) is 17.5 cm³/mol. The van der Waals surface area contributed by atoms with Crippen LogP contribution in [0.15, 0.2) is 0 Å². The van der Waals surface area contributed by atoms with Gasteiger partial charge in [0.25, 0.3) is 0 Å². The van der Waals surface area contributed by atoms with Gasteiger partial charge in [-0.2, -0.15) is 0 Å². The third-order valence-electron chi connectivity index (χ3n) is 0.0962. The molecule has 22 valence electrons. The van der Waals surface area contributed by atoms with E-state index in [1.807, 2.05) is 0 Å². The van der Waals surface area contributed by atoms with Crippen LogP contribution in [0.25, 0.3) is 0 Å². The molecule has 0 aliphatic rings. The zero-order valence-electron chi connectivity index (χ0n) is 2.39. The molecule has 0 unspecified atom stereocenters. The summed E-state index contributed by atoms with van der Waals surface area (Å²) in [6, 6.07) is 0. The maximum atomic E-state index is 9.19. The Bertz CT molecular complexity index is 20.0. The Morgan fingerprint density at radius 3 is 2.25 bits per heavy atom. The molecule has 0 aliphatic carbocycles. The summed E-state index contributed by atoms with van der Waals surface area (Å²) in [5.41, 5.74) is 0. The Morgan fingerprint density at radius 1 is 2.00 bits per heavy atom. The Hall–Kier alpha value is 0.349. The van der Waals surface area contributed by atoms with E-state index in [0.29, 0.717) is 10.5 Å². The molecule has 2 nitrogen and oxygen atoms in total. The van der Waals surface area contributed by atoms with E-state index in [1.54, 1.807) is 0 Å². The Morgan fingerprint density at radius 2 is 2.25 bits per heavy atom. The second-order valence-electron chi connectivity index (χ2n) is 0.332. The molecule has 4 heteroatoms. The summed E-state index contributed by atoms with van der Waals surface area (Å²) in [5, 5.41) is 0. The quantitative estimate of drug-likeness (QED) is 0.357. The van der Waals surface area contributed by atoms with Crippen molar-refractivity contribution in [1.29, 1.82) is 0 Å². The Kier molecular flexibility index (Phi) is 3.64. The van der Waals surface area contributed by atoms with Crippen LogP contribution in [0, 0.1) is 0 Å².